The zero-order valence-corrected chi connectivity index (χ0v) is 13.6. The van der Waals surface area contributed by atoms with Crippen molar-refractivity contribution in [2.75, 3.05) is 0 Å². The van der Waals surface area contributed by atoms with Gasteiger partial charge in [0.05, 0.1) is 0 Å². The minimum Gasteiger partial charge on any atom is -0.405 e. The van der Waals surface area contributed by atoms with E-state index < -0.39 is 5.09 Å². The summed E-state index contributed by atoms with van der Waals surface area (Å²) in [6, 6.07) is 7.41. The fraction of sp³-hybridized carbons (Fsp3) is 0.529. The standard InChI is InChI=1S/C17H20N2O3.ClH/c18-9-16-12-4-10-5-13(7-12)17(15(16)6-10)11-2-1-3-14(8-11)22-19(20)21;/h1-3,8-10,12-13,15,17H,4-7,18H2;1H/b16-9+;. The largest absolute Gasteiger partial charge is 0.405 e. The van der Waals surface area contributed by atoms with Crippen LogP contribution in [0.2, 0.25) is 0 Å². The molecule has 124 valence electrons. The van der Waals surface area contributed by atoms with Crippen LogP contribution in [0.25, 0.3) is 0 Å². The second-order valence-corrected chi connectivity index (χ2v) is 6.95. The predicted molar refractivity (Wildman–Crippen MR) is 88.8 cm³/mol. The molecular formula is C17H21ClN2O3. The van der Waals surface area contributed by atoms with E-state index in [-0.39, 0.29) is 12.4 Å². The SMILES string of the molecule is Cl.N/C=C1\C2CC3CC(C2)C(c2cccc(O[N+](=O)[O-])c2)C1C3. The molecule has 0 spiro atoms. The van der Waals surface area contributed by atoms with Crippen LogP contribution in [0.5, 0.6) is 5.75 Å². The topological polar surface area (TPSA) is 78.4 Å². The first-order valence-electron chi connectivity index (χ1n) is 7.99. The van der Waals surface area contributed by atoms with Crippen molar-refractivity contribution in [2.24, 2.45) is 29.4 Å². The molecule has 5 nitrogen and oxygen atoms in total. The Balaban J connectivity index is 0.00000156. The first-order valence-corrected chi connectivity index (χ1v) is 7.99. The van der Waals surface area contributed by atoms with Gasteiger partial charge >= 0.3 is 0 Å². The molecule has 6 heteroatoms. The van der Waals surface area contributed by atoms with Gasteiger partial charge in [-0.05, 0) is 84.7 Å². The summed E-state index contributed by atoms with van der Waals surface area (Å²) < 4.78 is 0. The number of nitrogens with two attached hydrogens (primary N) is 1. The lowest BCUT2D eigenvalue weighted by Gasteiger charge is -2.56. The van der Waals surface area contributed by atoms with Crippen LogP contribution in [-0.2, 0) is 0 Å². The third-order valence-electron chi connectivity index (χ3n) is 5.88. The summed E-state index contributed by atoms with van der Waals surface area (Å²) in [4.78, 5) is 15.2. The van der Waals surface area contributed by atoms with Crippen LogP contribution < -0.4 is 10.6 Å². The van der Waals surface area contributed by atoms with Gasteiger partial charge in [-0.25, -0.2) is 0 Å². The number of hydrogen-bond acceptors (Lipinski definition) is 4. The highest BCUT2D eigenvalue weighted by molar-refractivity contribution is 5.85. The Labute approximate surface area is 141 Å². The minimum absolute atomic E-state index is 0. The zero-order chi connectivity index (χ0) is 15.3. The number of halogens is 1. The van der Waals surface area contributed by atoms with Gasteiger partial charge in [-0.15, -0.1) is 22.5 Å². The van der Waals surface area contributed by atoms with Gasteiger partial charge in [0.1, 0.15) is 5.75 Å². The fourth-order valence-electron chi connectivity index (χ4n) is 5.35. The van der Waals surface area contributed by atoms with Gasteiger partial charge in [0, 0.05) is 0 Å². The maximum atomic E-state index is 10.6. The molecule has 23 heavy (non-hydrogen) atoms. The molecule has 5 rings (SSSR count). The molecule has 0 aromatic heterocycles. The number of benzene rings is 1. The third kappa shape index (κ3) is 2.67. The van der Waals surface area contributed by atoms with Gasteiger partial charge in [0.25, 0.3) is 5.09 Å². The van der Waals surface area contributed by atoms with E-state index in [1.165, 1.54) is 31.3 Å². The second-order valence-electron chi connectivity index (χ2n) is 6.95. The molecule has 4 fully saturated rings. The molecule has 4 aliphatic carbocycles. The van der Waals surface area contributed by atoms with Crippen LogP contribution in [0.3, 0.4) is 0 Å². The van der Waals surface area contributed by atoms with Gasteiger partial charge in [-0.1, -0.05) is 12.1 Å². The van der Waals surface area contributed by atoms with Gasteiger partial charge in [-0.3, -0.25) is 4.84 Å². The van der Waals surface area contributed by atoms with Crippen LogP contribution in [0, 0.1) is 33.8 Å². The van der Waals surface area contributed by atoms with Gasteiger partial charge < -0.3 is 5.73 Å². The maximum Gasteiger partial charge on any atom is 0.299 e. The van der Waals surface area contributed by atoms with Crippen molar-refractivity contribution in [3.8, 4) is 5.75 Å². The van der Waals surface area contributed by atoms with E-state index in [0.29, 0.717) is 29.4 Å². The van der Waals surface area contributed by atoms with E-state index >= 15 is 0 Å². The van der Waals surface area contributed by atoms with Crippen molar-refractivity contribution < 1.29 is 9.92 Å². The Morgan fingerprint density at radius 3 is 2.83 bits per heavy atom. The van der Waals surface area contributed by atoms with E-state index in [1.54, 1.807) is 6.07 Å². The molecule has 0 amide bonds. The van der Waals surface area contributed by atoms with Crippen molar-refractivity contribution in [2.45, 2.75) is 31.6 Å². The molecule has 4 saturated carbocycles. The molecule has 0 aliphatic heterocycles. The lowest BCUT2D eigenvalue weighted by atomic mass is 9.49. The van der Waals surface area contributed by atoms with E-state index in [9.17, 15) is 10.1 Å². The van der Waals surface area contributed by atoms with Crippen LogP contribution in [0.4, 0.5) is 0 Å². The summed E-state index contributed by atoms with van der Waals surface area (Å²) >= 11 is 0. The number of rotatable bonds is 3. The second kappa shape index (κ2) is 6.04. The molecular weight excluding hydrogens is 316 g/mol. The number of hydrogen-bond donors (Lipinski definition) is 1. The first-order chi connectivity index (χ1) is 10.7. The highest BCUT2D eigenvalue weighted by Gasteiger charge is 2.51. The first kappa shape index (κ1) is 16.1. The van der Waals surface area contributed by atoms with Crippen molar-refractivity contribution in [1.29, 1.82) is 0 Å². The maximum absolute atomic E-state index is 10.6. The fourth-order valence-corrected chi connectivity index (χ4v) is 5.35. The van der Waals surface area contributed by atoms with E-state index in [0.717, 1.165) is 11.5 Å². The molecule has 5 atom stereocenters. The van der Waals surface area contributed by atoms with Crippen LogP contribution >= 0.6 is 12.4 Å². The van der Waals surface area contributed by atoms with Crippen LogP contribution in [-0.4, -0.2) is 5.09 Å². The summed E-state index contributed by atoms with van der Waals surface area (Å²) in [5, 5.41) is 9.81. The summed E-state index contributed by atoms with van der Waals surface area (Å²) in [6.45, 7) is 0. The summed E-state index contributed by atoms with van der Waals surface area (Å²) in [7, 11) is 0. The third-order valence-corrected chi connectivity index (χ3v) is 5.88. The highest BCUT2D eigenvalue weighted by Crippen LogP contribution is 2.61. The van der Waals surface area contributed by atoms with E-state index in [4.69, 9.17) is 5.73 Å². The molecule has 0 heterocycles. The molecule has 5 unspecified atom stereocenters. The van der Waals surface area contributed by atoms with Crippen LogP contribution in [0.15, 0.2) is 36.0 Å². The van der Waals surface area contributed by atoms with Crippen molar-refractivity contribution in [3.05, 3.63) is 51.7 Å². The highest BCUT2D eigenvalue weighted by atomic mass is 35.5. The lowest BCUT2D eigenvalue weighted by Crippen LogP contribution is -2.45. The quantitative estimate of drug-likeness (QED) is 0.674. The summed E-state index contributed by atoms with van der Waals surface area (Å²) in [5.74, 6) is 3.44. The van der Waals surface area contributed by atoms with E-state index in [2.05, 4.69) is 10.9 Å². The van der Waals surface area contributed by atoms with Gasteiger partial charge in [-0.2, -0.15) is 0 Å². The van der Waals surface area contributed by atoms with Crippen molar-refractivity contribution >= 4 is 12.4 Å². The molecule has 0 radical (unpaired) electrons. The normalized spacial score (nSPS) is 35.8. The average Bonchev–Trinajstić information content (AvgIpc) is 2.46. The molecule has 4 aliphatic rings. The van der Waals surface area contributed by atoms with Crippen molar-refractivity contribution in [3.63, 3.8) is 0 Å². The average molecular weight is 337 g/mol. The lowest BCUT2D eigenvalue weighted by molar-refractivity contribution is -0.711. The number of nitrogens with zero attached hydrogens (tertiary/aromatic N) is 1. The van der Waals surface area contributed by atoms with E-state index in [1.807, 2.05) is 18.3 Å². The minimum atomic E-state index is -0.749. The molecule has 1 aromatic rings. The monoisotopic (exact) mass is 336 g/mol. The Bertz CT molecular complexity index is 648. The smallest absolute Gasteiger partial charge is 0.299 e. The Hall–Kier alpha value is -1.75. The number of allylic oxidation sites excluding steroid dienone is 1. The predicted octanol–water partition coefficient (Wildman–Crippen LogP) is 3.67. The molecule has 4 bridgehead atoms. The molecule has 0 saturated heterocycles. The Morgan fingerprint density at radius 2 is 2.09 bits per heavy atom. The summed E-state index contributed by atoms with van der Waals surface area (Å²) in [6.07, 6.45) is 6.84. The van der Waals surface area contributed by atoms with Gasteiger partial charge in [0.2, 0.25) is 0 Å². The Kier molecular flexibility index (Phi) is 4.23. The Morgan fingerprint density at radius 1 is 1.26 bits per heavy atom. The van der Waals surface area contributed by atoms with Crippen LogP contribution in [0.1, 0.15) is 37.2 Å². The summed E-state index contributed by atoms with van der Waals surface area (Å²) in [5.41, 5.74) is 8.49. The van der Waals surface area contributed by atoms with Gasteiger partial charge in [0.15, 0.2) is 0 Å². The molecule has 2 N–H and O–H groups in total. The zero-order valence-electron chi connectivity index (χ0n) is 12.8. The molecule has 1 aromatic carbocycles. The van der Waals surface area contributed by atoms with Crippen molar-refractivity contribution in [1.82, 2.24) is 0 Å².